The van der Waals surface area contributed by atoms with Crippen LogP contribution in [0.5, 0.6) is 0 Å². The fourth-order valence-electron chi connectivity index (χ4n) is 1.49. The zero-order valence-electron chi connectivity index (χ0n) is 9.61. The van der Waals surface area contributed by atoms with Crippen LogP contribution >= 0.6 is 0 Å². The highest BCUT2D eigenvalue weighted by molar-refractivity contribution is 5.98. The molecule has 0 saturated carbocycles. The first kappa shape index (κ1) is 13.1. The molecule has 0 aliphatic rings. The molecule has 0 radical (unpaired) electrons. The van der Waals surface area contributed by atoms with Crippen LogP contribution in [0.3, 0.4) is 0 Å². The molecule has 3 N–H and O–H groups in total. The topological polar surface area (TPSA) is 47.3 Å². The van der Waals surface area contributed by atoms with Gasteiger partial charge in [0.05, 0.1) is 11.3 Å². The highest BCUT2D eigenvalue weighted by atomic mass is 28.2. The minimum Gasteiger partial charge on any atom is -0.420 e. The molecule has 0 aliphatic heterocycles. The Morgan fingerprint density at radius 1 is 1.38 bits per heavy atom. The van der Waals surface area contributed by atoms with E-state index < -0.39 is 5.66 Å². The van der Waals surface area contributed by atoms with Gasteiger partial charge in [-0.15, -0.1) is 0 Å². The molecule has 0 spiro atoms. The Kier molecular flexibility index (Phi) is 5.13. The van der Waals surface area contributed by atoms with Gasteiger partial charge in [0.1, 0.15) is 10.5 Å². The van der Waals surface area contributed by atoms with Gasteiger partial charge in [-0.3, -0.25) is 5.32 Å². The Morgan fingerprint density at radius 2 is 1.92 bits per heavy atom. The molecule has 0 aromatic carbocycles. The van der Waals surface area contributed by atoms with Crippen molar-refractivity contribution in [1.29, 1.82) is 0 Å². The second kappa shape index (κ2) is 5.10. The lowest BCUT2D eigenvalue weighted by Gasteiger charge is -2.44. The molecule has 0 rings (SSSR count). The summed E-state index contributed by atoms with van der Waals surface area (Å²) in [5, 5.41) is 3.33. The molecule has 0 aromatic rings. The van der Waals surface area contributed by atoms with Crippen LogP contribution in [0.25, 0.3) is 0 Å². The molecule has 1 atom stereocenters. The van der Waals surface area contributed by atoms with E-state index >= 15 is 0 Å². The lowest BCUT2D eigenvalue weighted by atomic mass is 9.87. The number of rotatable bonds is 6. The van der Waals surface area contributed by atoms with Gasteiger partial charge in [-0.05, 0) is 26.8 Å². The first-order chi connectivity index (χ1) is 5.93. The molecule has 0 fully saturated rings. The number of nitrogens with one attached hydrogen (secondary N) is 1. The zero-order valence-corrected chi connectivity index (χ0v) is 11.6. The van der Waals surface area contributed by atoms with Crippen molar-refractivity contribution in [2.45, 2.75) is 51.8 Å². The standard InChI is InChI=1S/C9H24N2OSi/c1-5-7-9(10,11-6-2)8(3,4)12-13/h11H,5-7,10H2,1-4,13H3. The van der Waals surface area contributed by atoms with E-state index in [4.69, 9.17) is 10.2 Å². The smallest absolute Gasteiger partial charge is 0.146 e. The summed E-state index contributed by atoms with van der Waals surface area (Å²) in [4.78, 5) is 0. The van der Waals surface area contributed by atoms with E-state index in [1.807, 2.05) is 0 Å². The SMILES string of the molecule is CCCC(N)(NCC)C(C)(C)O[SiH3]. The van der Waals surface area contributed by atoms with Crippen LogP contribution in [0.15, 0.2) is 0 Å². The summed E-state index contributed by atoms with van der Waals surface area (Å²) < 4.78 is 5.56. The summed E-state index contributed by atoms with van der Waals surface area (Å²) in [5.74, 6) is 0. The molecule has 1 unspecified atom stereocenters. The molecule has 0 heterocycles. The summed E-state index contributed by atoms with van der Waals surface area (Å²) >= 11 is 0. The fraction of sp³-hybridized carbons (Fsp3) is 1.00. The Morgan fingerprint density at radius 3 is 2.23 bits per heavy atom. The normalized spacial score (nSPS) is 17.3. The minimum absolute atomic E-state index is 0.273. The predicted octanol–water partition coefficient (Wildman–Crippen LogP) is 0.127. The van der Waals surface area contributed by atoms with Crippen LogP contribution in [-0.2, 0) is 4.43 Å². The van der Waals surface area contributed by atoms with Gasteiger partial charge in [0.15, 0.2) is 0 Å². The molecule has 3 nitrogen and oxygen atoms in total. The van der Waals surface area contributed by atoms with Crippen LogP contribution in [0, 0.1) is 0 Å². The molecule has 4 heteroatoms. The molecule has 13 heavy (non-hydrogen) atoms. The first-order valence-electron chi connectivity index (χ1n) is 5.02. The maximum absolute atomic E-state index is 6.29. The Balaban J connectivity index is 4.55. The van der Waals surface area contributed by atoms with E-state index in [0.29, 0.717) is 0 Å². The molecule has 0 saturated heterocycles. The number of likely N-dealkylation sites (N-methyl/N-ethyl adjacent to an activating group) is 1. The molecule has 0 aromatic heterocycles. The van der Waals surface area contributed by atoms with Crippen LogP contribution < -0.4 is 11.1 Å². The maximum Gasteiger partial charge on any atom is 0.146 e. The van der Waals surface area contributed by atoms with Crippen molar-refractivity contribution >= 4 is 10.5 Å². The van der Waals surface area contributed by atoms with Gasteiger partial charge >= 0.3 is 0 Å². The van der Waals surface area contributed by atoms with Crippen molar-refractivity contribution in [3.8, 4) is 0 Å². The predicted molar refractivity (Wildman–Crippen MR) is 60.6 cm³/mol. The highest BCUT2D eigenvalue weighted by Crippen LogP contribution is 2.24. The minimum atomic E-state index is -0.391. The van der Waals surface area contributed by atoms with Crippen LogP contribution in [0.1, 0.15) is 40.5 Å². The molecule has 0 aliphatic carbocycles. The van der Waals surface area contributed by atoms with Gasteiger partial charge < -0.3 is 10.2 Å². The third-order valence-corrected chi connectivity index (χ3v) is 3.74. The number of hydrogen-bond acceptors (Lipinski definition) is 3. The monoisotopic (exact) mass is 204 g/mol. The summed E-state index contributed by atoms with van der Waals surface area (Å²) in [6.45, 7) is 9.20. The first-order valence-corrected chi connectivity index (χ1v) is 5.84. The fourth-order valence-corrected chi connectivity index (χ4v) is 1.86. The van der Waals surface area contributed by atoms with Gasteiger partial charge in [-0.2, -0.15) is 0 Å². The van der Waals surface area contributed by atoms with E-state index in [-0.39, 0.29) is 5.60 Å². The van der Waals surface area contributed by atoms with Crippen molar-refractivity contribution in [3.63, 3.8) is 0 Å². The number of nitrogens with two attached hydrogens (primary N) is 1. The molecular formula is C9H24N2OSi. The van der Waals surface area contributed by atoms with Gasteiger partial charge in [-0.25, -0.2) is 0 Å². The second-order valence-electron chi connectivity index (χ2n) is 3.97. The average Bonchev–Trinajstić information content (AvgIpc) is 2.05. The highest BCUT2D eigenvalue weighted by Gasteiger charge is 2.39. The summed E-state index contributed by atoms with van der Waals surface area (Å²) in [7, 11) is 0.722. The van der Waals surface area contributed by atoms with Gasteiger partial charge in [0.2, 0.25) is 0 Å². The van der Waals surface area contributed by atoms with Crippen LogP contribution in [0.4, 0.5) is 0 Å². The van der Waals surface area contributed by atoms with Crippen molar-refractivity contribution < 1.29 is 4.43 Å². The third kappa shape index (κ3) is 3.05. The molecule has 80 valence electrons. The van der Waals surface area contributed by atoms with Crippen molar-refractivity contribution in [3.05, 3.63) is 0 Å². The average molecular weight is 204 g/mol. The second-order valence-corrected chi connectivity index (χ2v) is 4.37. The van der Waals surface area contributed by atoms with E-state index in [9.17, 15) is 0 Å². The Labute approximate surface area is 85.0 Å². The van der Waals surface area contributed by atoms with Gasteiger partial charge in [-0.1, -0.05) is 20.3 Å². The van der Waals surface area contributed by atoms with Crippen molar-refractivity contribution in [2.24, 2.45) is 5.73 Å². The van der Waals surface area contributed by atoms with Crippen molar-refractivity contribution in [1.82, 2.24) is 5.32 Å². The Bertz CT molecular complexity index is 145. The van der Waals surface area contributed by atoms with E-state index in [1.54, 1.807) is 0 Å². The van der Waals surface area contributed by atoms with Crippen LogP contribution in [-0.4, -0.2) is 28.3 Å². The third-order valence-electron chi connectivity index (χ3n) is 2.72. The molecule has 0 bridgehead atoms. The molecular weight excluding hydrogens is 180 g/mol. The van der Waals surface area contributed by atoms with Crippen LogP contribution in [0.2, 0.25) is 0 Å². The largest absolute Gasteiger partial charge is 0.420 e. The van der Waals surface area contributed by atoms with E-state index in [0.717, 1.165) is 29.9 Å². The zero-order chi connectivity index (χ0) is 10.5. The van der Waals surface area contributed by atoms with Crippen molar-refractivity contribution in [2.75, 3.05) is 6.54 Å². The summed E-state index contributed by atoms with van der Waals surface area (Å²) in [5.41, 5.74) is 5.63. The van der Waals surface area contributed by atoms with E-state index in [1.165, 1.54) is 0 Å². The maximum atomic E-state index is 6.29. The Hall–Kier alpha value is 0.0969. The lowest BCUT2D eigenvalue weighted by molar-refractivity contribution is 0.00573. The summed E-state index contributed by atoms with van der Waals surface area (Å²) in [6, 6.07) is 0. The van der Waals surface area contributed by atoms with Gasteiger partial charge in [0.25, 0.3) is 0 Å². The van der Waals surface area contributed by atoms with Gasteiger partial charge in [0, 0.05) is 0 Å². The van der Waals surface area contributed by atoms with E-state index in [2.05, 4.69) is 33.0 Å². The lowest BCUT2D eigenvalue weighted by Crippen LogP contribution is -2.67. The summed E-state index contributed by atoms with van der Waals surface area (Å²) in [6.07, 6.45) is 2.01. The molecule has 0 amide bonds. The quantitative estimate of drug-likeness (QED) is 0.477. The number of hydrogen-bond donors (Lipinski definition) is 2.